The van der Waals surface area contributed by atoms with Crippen LogP contribution in [0.1, 0.15) is 36.6 Å². The molecule has 1 aromatic heterocycles. The average Bonchev–Trinajstić information content (AvgIpc) is 3.38. The van der Waals surface area contributed by atoms with Crippen molar-refractivity contribution < 1.29 is 19.0 Å². The van der Waals surface area contributed by atoms with Crippen molar-refractivity contribution in [3.8, 4) is 11.5 Å². The predicted molar refractivity (Wildman–Crippen MR) is 166 cm³/mol. The number of esters is 1. The number of hydrogen-bond acceptors (Lipinski definition) is 8. The lowest BCUT2D eigenvalue weighted by Gasteiger charge is -2.28. The van der Waals surface area contributed by atoms with Gasteiger partial charge in [-0.25, -0.2) is 9.48 Å². The molecule has 1 aliphatic heterocycles. The molecule has 0 spiro atoms. The first-order valence-electron chi connectivity index (χ1n) is 13.0. The number of methoxy groups -OCH3 is 1. The van der Waals surface area contributed by atoms with Gasteiger partial charge >= 0.3 is 5.97 Å². The molecule has 1 atom stereocenters. The van der Waals surface area contributed by atoms with Gasteiger partial charge in [-0.2, -0.15) is 4.98 Å². The van der Waals surface area contributed by atoms with Crippen LogP contribution in [0.5, 0.6) is 11.5 Å². The third kappa shape index (κ3) is 6.49. The molecule has 2 heterocycles. The Hall–Kier alpha value is -3.37. The second-order valence-corrected chi connectivity index (χ2v) is 11.5. The molecule has 0 saturated heterocycles. The summed E-state index contributed by atoms with van der Waals surface area (Å²) in [7, 11) is 1.56. The summed E-state index contributed by atoms with van der Waals surface area (Å²) in [4.78, 5) is 17.9. The number of ether oxygens (including phenoxy) is 3. The smallest absolute Gasteiger partial charge is 0.338 e. The SMILES string of the molecule is CCOC(=O)C1=C(C)Nc2nc(SCc3ccccc3Cl)nn2C1c1ccc(OCc2ccc(Cl)cc2Cl)c(OC)c1. The molecule has 0 saturated carbocycles. The summed E-state index contributed by atoms with van der Waals surface area (Å²) in [5.41, 5.74) is 3.53. The maximum Gasteiger partial charge on any atom is 0.338 e. The van der Waals surface area contributed by atoms with Crippen molar-refractivity contribution >= 4 is 58.5 Å². The van der Waals surface area contributed by atoms with Crippen LogP contribution in [0.2, 0.25) is 15.1 Å². The quantitative estimate of drug-likeness (QED) is 0.137. The third-order valence-electron chi connectivity index (χ3n) is 6.54. The van der Waals surface area contributed by atoms with Gasteiger partial charge in [-0.05, 0) is 55.3 Å². The number of carbonyl (C=O) groups is 1. The second kappa shape index (κ2) is 13.3. The van der Waals surface area contributed by atoms with Crippen LogP contribution >= 0.6 is 46.6 Å². The molecule has 1 unspecified atom stereocenters. The van der Waals surface area contributed by atoms with Gasteiger partial charge in [0, 0.05) is 32.1 Å². The first-order chi connectivity index (χ1) is 20.3. The molecule has 1 aliphatic rings. The molecule has 4 aromatic rings. The van der Waals surface area contributed by atoms with E-state index in [0.29, 0.717) is 54.7 Å². The van der Waals surface area contributed by atoms with E-state index >= 15 is 0 Å². The fourth-order valence-corrected chi connectivity index (χ4v) is 6.08. The Bertz CT molecular complexity index is 1660. The molecule has 0 amide bonds. The maximum atomic E-state index is 13.2. The van der Waals surface area contributed by atoms with E-state index in [0.717, 1.165) is 16.7 Å². The molecule has 218 valence electrons. The average molecular weight is 646 g/mol. The van der Waals surface area contributed by atoms with Gasteiger partial charge in [0.05, 0.1) is 19.3 Å². The largest absolute Gasteiger partial charge is 0.493 e. The number of fused-ring (bicyclic) bond motifs is 1. The summed E-state index contributed by atoms with van der Waals surface area (Å²) >= 11 is 20.1. The number of nitrogens with zero attached hydrogens (tertiary/aromatic N) is 3. The second-order valence-electron chi connectivity index (χ2n) is 9.26. The summed E-state index contributed by atoms with van der Waals surface area (Å²) in [5, 5.41) is 10.3. The van der Waals surface area contributed by atoms with Crippen molar-refractivity contribution in [2.75, 3.05) is 19.0 Å². The molecule has 0 bridgehead atoms. The Morgan fingerprint density at radius 1 is 1.02 bits per heavy atom. The summed E-state index contributed by atoms with van der Waals surface area (Å²) in [5.74, 6) is 1.63. The molecule has 1 N–H and O–H groups in total. The molecule has 0 radical (unpaired) electrons. The van der Waals surface area contributed by atoms with Crippen LogP contribution < -0.4 is 14.8 Å². The highest BCUT2D eigenvalue weighted by atomic mass is 35.5. The van der Waals surface area contributed by atoms with E-state index in [2.05, 4.69) is 5.32 Å². The summed E-state index contributed by atoms with van der Waals surface area (Å²) in [6, 6.07) is 17.7. The topological polar surface area (TPSA) is 87.5 Å². The van der Waals surface area contributed by atoms with E-state index < -0.39 is 12.0 Å². The Labute approximate surface area is 262 Å². The zero-order valence-electron chi connectivity index (χ0n) is 23.0. The molecule has 0 fully saturated rings. The number of benzene rings is 3. The van der Waals surface area contributed by atoms with Crippen molar-refractivity contribution in [3.63, 3.8) is 0 Å². The van der Waals surface area contributed by atoms with Gasteiger partial charge in [0.25, 0.3) is 0 Å². The van der Waals surface area contributed by atoms with E-state index in [1.165, 1.54) is 11.8 Å². The Morgan fingerprint density at radius 2 is 1.83 bits per heavy atom. The zero-order valence-corrected chi connectivity index (χ0v) is 26.1. The van der Waals surface area contributed by atoms with Crippen LogP contribution in [0.4, 0.5) is 5.95 Å². The van der Waals surface area contributed by atoms with Crippen LogP contribution in [-0.4, -0.2) is 34.5 Å². The molecule has 3 aromatic carbocycles. The number of nitrogens with one attached hydrogen (secondary N) is 1. The highest BCUT2D eigenvalue weighted by Gasteiger charge is 2.35. The van der Waals surface area contributed by atoms with Gasteiger partial charge < -0.3 is 19.5 Å². The fraction of sp³-hybridized carbons (Fsp3) is 0.233. The lowest BCUT2D eigenvalue weighted by atomic mass is 9.95. The minimum atomic E-state index is -0.629. The Balaban J connectivity index is 1.47. The number of hydrogen-bond donors (Lipinski definition) is 1. The standard InChI is InChI=1S/C30H27Cl3N4O4S/c1-4-40-28(38)26-17(2)34-29-35-30(42-16-20-7-5-6-8-22(20)32)36-37(29)27(26)18-10-12-24(25(13-18)39-3)41-15-19-9-11-21(31)14-23(19)33/h5-14,27H,4,15-16H2,1-3H3,(H,34,35,36). The number of rotatable bonds is 10. The van der Waals surface area contributed by atoms with Gasteiger partial charge in [-0.3, -0.25) is 0 Å². The van der Waals surface area contributed by atoms with Gasteiger partial charge in [0.15, 0.2) is 11.5 Å². The minimum absolute atomic E-state index is 0.214. The Kier molecular flexibility index (Phi) is 9.53. The molecular formula is C30H27Cl3N4O4S. The zero-order chi connectivity index (χ0) is 29.8. The molecule has 12 heteroatoms. The molecule has 5 rings (SSSR count). The summed E-state index contributed by atoms with van der Waals surface area (Å²) in [6.07, 6.45) is 0. The summed E-state index contributed by atoms with van der Waals surface area (Å²) < 4.78 is 18.9. The number of allylic oxidation sites excluding steroid dienone is 1. The number of carbonyl (C=O) groups excluding carboxylic acids is 1. The van der Waals surface area contributed by atoms with E-state index in [9.17, 15) is 4.79 Å². The summed E-state index contributed by atoms with van der Waals surface area (Å²) in [6.45, 7) is 4.03. The van der Waals surface area contributed by atoms with Crippen LogP contribution in [-0.2, 0) is 21.9 Å². The molecule has 0 aliphatic carbocycles. The lowest BCUT2D eigenvalue weighted by molar-refractivity contribution is -0.139. The van der Waals surface area contributed by atoms with Crippen LogP contribution in [0.15, 0.2) is 77.1 Å². The fourth-order valence-electron chi connectivity index (χ4n) is 4.50. The first-order valence-corrected chi connectivity index (χ1v) is 15.1. The monoisotopic (exact) mass is 644 g/mol. The first kappa shape index (κ1) is 30.1. The minimum Gasteiger partial charge on any atom is -0.493 e. The number of thioether (sulfide) groups is 1. The van der Waals surface area contributed by atoms with Gasteiger partial charge in [0.1, 0.15) is 12.6 Å². The number of halogens is 3. The molecular weight excluding hydrogens is 619 g/mol. The third-order valence-corrected chi connectivity index (χ3v) is 8.39. The van der Waals surface area contributed by atoms with Crippen molar-refractivity contribution in [3.05, 3.63) is 104 Å². The van der Waals surface area contributed by atoms with Crippen LogP contribution in [0, 0.1) is 0 Å². The maximum absolute atomic E-state index is 13.2. The van der Waals surface area contributed by atoms with E-state index in [1.54, 1.807) is 36.9 Å². The predicted octanol–water partition coefficient (Wildman–Crippen LogP) is 7.97. The van der Waals surface area contributed by atoms with Crippen molar-refractivity contribution in [1.29, 1.82) is 0 Å². The number of aromatic nitrogens is 3. The van der Waals surface area contributed by atoms with Gasteiger partial charge in [-0.15, -0.1) is 5.10 Å². The van der Waals surface area contributed by atoms with E-state index in [1.807, 2.05) is 49.4 Å². The van der Waals surface area contributed by atoms with Crippen molar-refractivity contribution in [1.82, 2.24) is 14.8 Å². The number of anilines is 1. The normalized spacial score (nSPS) is 14.3. The molecule has 8 nitrogen and oxygen atoms in total. The highest BCUT2D eigenvalue weighted by Crippen LogP contribution is 2.40. The Morgan fingerprint density at radius 3 is 2.57 bits per heavy atom. The lowest BCUT2D eigenvalue weighted by Crippen LogP contribution is -2.29. The van der Waals surface area contributed by atoms with Crippen molar-refractivity contribution in [2.45, 2.75) is 37.4 Å². The molecule has 42 heavy (non-hydrogen) atoms. The van der Waals surface area contributed by atoms with Crippen LogP contribution in [0.3, 0.4) is 0 Å². The highest BCUT2D eigenvalue weighted by molar-refractivity contribution is 7.98. The van der Waals surface area contributed by atoms with Gasteiger partial charge in [0.2, 0.25) is 11.1 Å². The van der Waals surface area contributed by atoms with Crippen molar-refractivity contribution in [2.24, 2.45) is 0 Å². The van der Waals surface area contributed by atoms with E-state index in [4.69, 9.17) is 59.1 Å². The van der Waals surface area contributed by atoms with Gasteiger partial charge in [-0.1, -0.05) is 76.9 Å². The van der Waals surface area contributed by atoms with E-state index in [-0.39, 0.29) is 13.2 Å². The van der Waals surface area contributed by atoms with Crippen LogP contribution in [0.25, 0.3) is 0 Å².